The van der Waals surface area contributed by atoms with Crippen molar-refractivity contribution in [3.8, 4) is 0 Å². The van der Waals surface area contributed by atoms with Gasteiger partial charge in [-0.25, -0.2) is 4.68 Å². The zero-order valence-electron chi connectivity index (χ0n) is 12.4. The standard InChI is InChI=1S/C16H13Cl2N5O/c17-11-3-1-10(2-4-11)9-23-15(19)14(21-22-23)16(24)20-13-7-5-12(18)6-8-13/h1-8H,9,19H2,(H,20,24). The number of hydrogen-bond acceptors (Lipinski definition) is 4. The minimum absolute atomic E-state index is 0.0684. The van der Waals surface area contributed by atoms with E-state index in [2.05, 4.69) is 15.6 Å². The lowest BCUT2D eigenvalue weighted by molar-refractivity contribution is 0.102. The van der Waals surface area contributed by atoms with Crippen LogP contribution >= 0.6 is 23.2 Å². The summed E-state index contributed by atoms with van der Waals surface area (Å²) in [5.74, 6) is -0.242. The number of nitrogens with one attached hydrogen (secondary N) is 1. The Morgan fingerprint density at radius 3 is 2.25 bits per heavy atom. The van der Waals surface area contributed by atoms with Crippen LogP contribution in [0, 0.1) is 0 Å². The number of amides is 1. The molecule has 24 heavy (non-hydrogen) atoms. The Hall–Kier alpha value is -2.57. The third-order valence-electron chi connectivity index (χ3n) is 3.34. The highest BCUT2D eigenvalue weighted by molar-refractivity contribution is 6.30. The van der Waals surface area contributed by atoms with Crippen LogP contribution < -0.4 is 11.1 Å². The maximum absolute atomic E-state index is 12.3. The summed E-state index contributed by atoms with van der Waals surface area (Å²) in [6.45, 7) is 0.393. The molecule has 0 aliphatic carbocycles. The largest absolute Gasteiger partial charge is 0.382 e. The van der Waals surface area contributed by atoms with Crippen molar-refractivity contribution < 1.29 is 4.79 Å². The summed E-state index contributed by atoms with van der Waals surface area (Å²) in [5.41, 5.74) is 7.60. The molecule has 1 amide bonds. The Bertz CT molecular complexity index is 859. The Kier molecular flexibility index (Phi) is 4.69. The first-order valence-corrected chi connectivity index (χ1v) is 7.79. The van der Waals surface area contributed by atoms with Gasteiger partial charge in [-0.15, -0.1) is 5.10 Å². The van der Waals surface area contributed by atoms with Gasteiger partial charge in [-0.2, -0.15) is 0 Å². The first kappa shape index (κ1) is 16.3. The number of halogens is 2. The zero-order chi connectivity index (χ0) is 17.1. The summed E-state index contributed by atoms with van der Waals surface area (Å²) in [7, 11) is 0. The summed E-state index contributed by atoms with van der Waals surface area (Å²) in [5, 5.41) is 11.7. The molecule has 3 rings (SSSR count). The van der Waals surface area contributed by atoms with E-state index in [9.17, 15) is 4.79 Å². The van der Waals surface area contributed by atoms with Crippen molar-refractivity contribution >= 4 is 40.6 Å². The van der Waals surface area contributed by atoms with Gasteiger partial charge in [0.25, 0.3) is 5.91 Å². The molecular weight excluding hydrogens is 349 g/mol. The second-order valence-corrected chi connectivity index (χ2v) is 5.94. The third kappa shape index (κ3) is 3.67. The molecule has 122 valence electrons. The molecule has 0 fully saturated rings. The molecule has 8 heteroatoms. The van der Waals surface area contributed by atoms with E-state index in [4.69, 9.17) is 28.9 Å². The number of nitrogens with two attached hydrogens (primary N) is 1. The molecule has 6 nitrogen and oxygen atoms in total. The van der Waals surface area contributed by atoms with Crippen LogP contribution in [0.5, 0.6) is 0 Å². The Labute approximate surface area is 148 Å². The van der Waals surface area contributed by atoms with Crippen LogP contribution in [0.25, 0.3) is 0 Å². The summed E-state index contributed by atoms with van der Waals surface area (Å²) >= 11 is 11.7. The van der Waals surface area contributed by atoms with Crippen LogP contribution in [0.1, 0.15) is 16.1 Å². The topological polar surface area (TPSA) is 85.8 Å². The number of carbonyl (C=O) groups excluding carboxylic acids is 1. The number of nitrogen functional groups attached to an aromatic ring is 1. The highest BCUT2D eigenvalue weighted by Crippen LogP contribution is 2.17. The number of anilines is 2. The average Bonchev–Trinajstić information content (AvgIpc) is 2.93. The van der Waals surface area contributed by atoms with Crippen LogP contribution in [0.4, 0.5) is 11.5 Å². The van der Waals surface area contributed by atoms with Gasteiger partial charge in [0.2, 0.25) is 0 Å². The van der Waals surface area contributed by atoms with Gasteiger partial charge in [0, 0.05) is 15.7 Å². The minimum atomic E-state index is -0.433. The normalized spacial score (nSPS) is 10.6. The van der Waals surface area contributed by atoms with Crippen molar-refractivity contribution in [3.63, 3.8) is 0 Å². The maximum Gasteiger partial charge on any atom is 0.280 e. The quantitative estimate of drug-likeness (QED) is 0.744. The fourth-order valence-corrected chi connectivity index (χ4v) is 2.34. The van der Waals surface area contributed by atoms with Gasteiger partial charge in [-0.1, -0.05) is 40.5 Å². The maximum atomic E-state index is 12.3. The molecule has 0 saturated heterocycles. The molecule has 0 bridgehead atoms. The summed E-state index contributed by atoms with van der Waals surface area (Å²) in [6, 6.07) is 14.0. The first-order valence-electron chi connectivity index (χ1n) is 7.03. The van der Waals surface area contributed by atoms with Crippen molar-refractivity contribution in [2.45, 2.75) is 6.54 Å². The number of rotatable bonds is 4. The number of hydrogen-bond donors (Lipinski definition) is 2. The highest BCUT2D eigenvalue weighted by Gasteiger charge is 2.17. The van der Waals surface area contributed by atoms with E-state index in [0.29, 0.717) is 22.3 Å². The fourth-order valence-electron chi connectivity index (χ4n) is 2.09. The Morgan fingerprint density at radius 1 is 1.04 bits per heavy atom. The predicted octanol–water partition coefficient (Wildman–Crippen LogP) is 3.47. The van der Waals surface area contributed by atoms with E-state index in [1.165, 1.54) is 4.68 Å². The van der Waals surface area contributed by atoms with Gasteiger partial charge in [0.15, 0.2) is 11.5 Å². The van der Waals surface area contributed by atoms with Gasteiger partial charge >= 0.3 is 0 Å². The number of nitrogens with zero attached hydrogens (tertiary/aromatic N) is 3. The molecule has 0 spiro atoms. The molecule has 2 aromatic carbocycles. The van der Waals surface area contributed by atoms with E-state index >= 15 is 0 Å². The Morgan fingerprint density at radius 2 is 1.62 bits per heavy atom. The van der Waals surface area contributed by atoms with E-state index < -0.39 is 5.91 Å². The van der Waals surface area contributed by atoms with Crippen LogP contribution in [0.15, 0.2) is 48.5 Å². The molecule has 1 aromatic heterocycles. The van der Waals surface area contributed by atoms with E-state index in [1.807, 2.05) is 12.1 Å². The van der Waals surface area contributed by atoms with E-state index in [0.717, 1.165) is 5.56 Å². The molecule has 0 aliphatic heterocycles. The minimum Gasteiger partial charge on any atom is -0.382 e. The molecule has 0 radical (unpaired) electrons. The van der Waals surface area contributed by atoms with Crippen LogP contribution in [-0.2, 0) is 6.54 Å². The third-order valence-corrected chi connectivity index (χ3v) is 3.84. The van der Waals surface area contributed by atoms with Crippen molar-refractivity contribution in [1.82, 2.24) is 15.0 Å². The van der Waals surface area contributed by atoms with Gasteiger partial charge in [-0.3, -0.25) is 4.79 Å². The number of carbonyl (C=O) groups is 1. The van der Waals surface area contributed by atoms with Gasteiger partial charge in [0.1, 0.15) is 0 Å². The van der Waals surface area contributed by atoms with Crippen LogP contribution in [0.3, 0.4) is 0 Å². The smallest absolute Gasteiger partial charge is 0.280 e. The van der Waals surface area contributed by atoms with Crippen LogP contribution in [-0.4, -0.2) is 20.9 Å². The number of aromatic nitrogens is 3. The van der Waals surface area contributed by atoms with Crippen molar-refractivity contribution in [1.29, 1.82) is 0 Å². The van der Waals surface area contributed by atoms with Crippen molar-refractivity contribution in [2.24, 2.45) is 0 Å². The lowest BCUT2D eigenvalue weighted by atomic mass is 10.2. The highest BCUT2D eigenvalue weighted by atomic mass is 35.5. The van der Waals surface area contributed by atoms with Crippen LogP contribution in [0.2, 0.25) is 10.0 Å². The van der Waals surface area contributed by atoms with E-state index in [1.54, 1.807) is 36.4 Å². The summed E-state index contributed by atoms with van der Waals surface area (Å²) in [6.07, 6.45) is 0. The molecule has 1 heterocycles. The first-order chi connectivity index (χ1) is 11.5. The molecule has 3 N–H and O–H groups in total. The lowest BCUT2D eigenvalue weighted by Gasteiger charge is -2.05. The molecule has 0 atom stereocenters. The second kappa shape index (κ2) is 6.90. The van der Waals surface area contributed by atoms with E-state index in [-0.39, 0.29) is 11.5 Å². The van der Waals surface area contributed by atoms with Crippen molar-refractivity contribution in [2.75, 3.05) is 11.1 Å². The molecule has 0 saturated carbocycles. The number of benzene rings is 2. The monoisotopic (exact) mass is 361 g/mol. The van der Waals surface area contributed by atoms with Gasteiger partial charge in [0.05, 0.1) is 6.54 Å². The summed E-state index contributed by atoms with van der Waals surface area (Å²) < 4.78 is 1.46. The molecule has 0 aliphatic rings. The lowest BCUT2D eigenvalue weighted by Crippen LogP contribution is -2.15. The fraction of sp³-hybridized carbons (Fsp3) is 0.0625. The van der Waals surface area contributed by atoms with Crippen molar-refractivity contribution in [3.05, 3.63) is 69.8 Å². The van der Waals surface area contributed by atoms with Gasteiger partial charge < -0.3 is 11.1 Å². The molecule has 0 unspecified atom stereocenters. The molecular formula is C16H13Cl2N5O. The average molecular weight is 362 g/mol. The molecule has 3 aromatic rings. The zero-order valence-corrected chi connectivity index (χ0v) is 13.9. The second-order valence-electron chi connectivity index (χ2n) is 5.07. The Balaban J connectivity index is 1.75. The summed E-state index contributed by atoms with van der Waals surface area (Å²) in [4.78, 5) is 12.3. The SMILES string of the molecule is Nc1c(C(=O)Nc2ccc(Cl)cc2)nnn1Cc1ccc(Cl)cc1. The predicted molar refractivity (Wildman–Crippen MR) is 94.4 cm³/mol. The van der Waals surface area contributed by atoms with Gasteiger partial charge in [-0.05, 0) is 42.0 Å².